The van der Waals surface area contributed by atoms with Crippen LogP contribution in [0.15, 0.2) is 0 Å². The summed E-state index contributed by atoms with van der Waals surface area (Å²) in [5.74, 6) is -0.419. The van der Waals surface area contributed by atoms with E-state index in [4.69, 9.17) is 34.8 Å². The normalized spacial score (nSPS) is 11.1. The maximum atomic E-state index is 13.4. The second-order valence-corrected chi connectivity index (χ2v) is 4.58. The van der Waals surface area contributed by atoms with Crippen LogP contribution in [0.5, 0.6) is 0 Å². The highest BCUT2D eigenvalue weighted by molar-refractivity contribution is 6.44. The van der Waals surface area contributed by atoms with E-state index < -0.39 is 5.82 Å². The van der Waals surface area contributed by atoms with Gasteiger partial charge in [-0.2, -0.15) is 0 Å². The summed E-state index contributed by atoms with van der Waals surface area (Å²) in [5, 5.41) is 0.541. The SMILES string of the molecule is Cc1c(F)c(Cl)c(Cl)c(C(C)C)c1Cl. The average Bonchev–Trinajstić information content (AvgIpc) is 2.11. The van der Waals surface area contributed by atoms with Gasteiger partial charge in [0.05, 0.1) is 15.1 Å². The highest BCUT2D eigenvalue weighted by Gasteiger charge is 2.20. The van der Waals surface area contributed by atoms with Gasteiger partial charge in [0.1, 0.15) is 5.82 Å². The van der Waals surface area contributed by atoms with Crippen LogP contribution in [0.3, 0.4) is 0 Å². The Hall–Kier alpha value is 0.0200. The summed E-state index contributed by atoms with van der Waals surface area (Å²) in [7, 11) is 0. The fourth-order valence-electron chi connectivity index (χ4n) is 1.28. The van der Waals surface area contributed by atoms with Crippen LogP contribution in [0.4, 0.5) is 4.39 Å². The molecule has 0 radical (unpaired) electrons. The number of hydrogen-bond donors (Lipinski definition) is 0. The zero-order chi connectivity index (χ0) is 11.0. The van der Waals surface area contributed by atoms with Gasteiger partial charge in [0.2, 0.25) is 0 Å². The molecule has 0 spiro atoms. The van der Waals surface area contributed by atoms with Gasteiger partial charge in [-0.25, -0.2) is 4.39 Å². The van der Waals surface area contributed by atoms with Gasteiger partial charge in [0.15, 0.2) is 0 Å². The monoisotopic (exact) mass is 254 g/mol. The number of benzene rings is 1. The summed E-state index contributed by atoms with van der Waals surface area (Å²) in [5.41, 5.74) is 1.06. The number of hydrogen-bond acceptors (Lipinski definition) is 0. The summed E-state index contributed by atoms with van der Waals surface area (Å²) in [6.45, 7) is 5.45. The van der Waals surface area contributed by atoms with E-state index in [-0.39, 0.29) is 16.0 Å². The smallest absolute Gasteiger partial charge is 0.147 e. The summed E-state index contributed by atoms with van der Waals surface area (Å²) >= 11 is 17.6. The fourth-order valence-corrected chi connectivity index (χ4v) is 2.36. The molecule has 0 heterocycles. The third-order valence-corrected chi connectivity index (χ3v) is 3.43. The molecule has 0 saturated heterocycles. The first-order chi connectivity index (χ1) is 6.37. The minimum absolute atomic E-state index is 0.0442. The number of rotatable bonds is 1. The predicted octanol–water partition coefficient (Wildman–Crippen LogP) is 5.22. The van der Waals surface area contributed by atoms with Gasteiger partial charge in [0, 0.05) is 5.56 Å². The van der Waals surface area contributed by atoms with Crippen molar-refractivity contribution in [2.45, 2.75) is 26.7 Å². The molecule has 0 aliphatic rings. The molecule has 0 saturated carbocycles. The Labute approximate surface area is 98.0 Å². The van der Waals surface area contributed by atoms with E-state index in [0.29, 0.717) is 16.1 Å². The third-order valence-electron chi connectivity index (χ3n) is 2.09. The molecule has 1 aromatic rings. The van der Waals surface area contributed by atoms with Crippen molar-refractivity contribution in [3.8, 4) is 0 Å². The molecule has 0 aliphatic heterocycles. The van der Waals surface area contributed by atoms with Crippen molar-refractivity contribution in [2.24, 2.45) is 0 Å². The van der Waals surface area contributed by atoms with Crippen LogP contribution < -0.4 is 0 Å². The van der Waals surface area contributed by atoms with Crippen molar-refractivity contribution < 1.29 is 4.39 Å². The van der Waals surface area contributed by atoms with Crippen LogP contribution in [-0.4, -0.2) is 0 Å². The van der Waals surface area contributed by atoms with E-state index in [2.05, 4.69) is 0 Å². The Balaban J connectivity index is 3.60. The van der Waals surface area contributed by atoms with Gasteiger partial charge in [-0.1, -0.05) is 48.7 Å². The topological polar surface area (TPSA) is 0 Å². The fraction of sp³-hybridized carbons (Fsp3) is 0.400. The van der Waals surface area contributed by atoms with Crippen molar-refractivity contribution in [2.75, 3.05) is 0 Å². The van der Waals surface area contributed by atoms with Gasteiger partial charge >= 0.3 is 0 Å². The van der Waals surface area contributed by atoms with Crippen molar-refractivity contribution in [3.63, 3.8) is 0 Å². The van der Waals surface area contributed by atoms with E-state index in [1.807, 2.05) is 13.8 Å². The number of halogens is 4. The zero-order valence-electron chi connectivity index (χ0n) is 8.09. The standard InChI is InChI=1S/C10H10Cl3F/c1-4(2)6-7(11)5(3)10(14)9(13)8(6)12/h4H,1-3H3. The molecule has 0 N–H and O–H groups in total. The lowest BCUT2D eigenvalue weighted by Gasteiger charge is -2.15. The Kier molecular flexibility index (Phi) is 3.68. The molecule has 0 fully saturated rings. The van der Waals surface area contributed by atoms with Crippen LogP contribution >= 0.6 is 34.8 Å². The molecule has 14 heavy (non-hydrogen) atoms. The van der Waals surface area contributed by atoms with E-state index in [0.717, 1.165) is 0 Å². The molecule has 78 valence electrons. The molecule has 0 atom stereocenters. The summed E-state index contributed by atoms with van der Waals surface area (Å²) in [4.78, 5) is 0. The zero-order valence-corrected chi connectivity index (χ0v) is 10.4. The van der Waals surface area contributed by atoms with Crippen LogP contribution in [0, 0.1) is 12.7 Å². The molecule has 0 unspecified atom stereocenters. The van der Waals surface area contributed by atoms with E-state index in [1.165, 1.54) is 0 Å². The molecule has 0 nitrogen and oxygen atoms in total. The Bertz CT molecular complexity index is 343. The molecular weight excluding hydrogens is 245 g/mol. The molecule has 0 aliphatic carbocycles. The highest BCUT2D eigenvalue weighted by atomic mass is 35.5. The minimum Gasteiger partial charge on any atom is -0.205 e. The van der Waals surface area contributed by atoms with Gasteiger partial charge < -0.3 is 0 Å². The van der Waals surface area contributed by atoms with Crippen LogP contribution in [0.2, 0.25) is 15.1 Å². The Morgan fingerprint density at radius 2 is 1.50 bits per heavy atom. The first-order valence-corrected chi connectivity index (χ1v) is 5.33. The summed E-state index contributed by atoms with van der Waals surface area (Å²) < 4.78 is 13.4. The minimum atomic E-state index is -0.536. The lowest BCUT2D eigenvalue weighted by Crippen LogP contribution is -1.97. The largest absolute Gasteiger partial charge is 0.205 e. The first kappa shape index (κ1) is 12.1. The molecule has 1 rings (SSSR count). The molecule has 0 aromatic heterocycles. The van der Waals surface area contributed by atoms with Gasteiger partial charge in [0.25, 0.3) is 0 Å². The summed E-state index contributed by atoms with van der Waals surface area (Å²) in [6.07, 6.45) is 0. The van der Waals surface area contributed by atoms with Gasteiger partial charge in [-0.05, 0) is 18.4 Å². The molecule has 0 amide bonds. The maximum Gasteiger partial charge on any atom is 0.147 e. The molecule has 0 bridgehead atoms. The average molecular weight is 256 g/mol. The Morgan fingerprint density at radius 3 is 1.93 bits per heavy atom. The third kappa shape index (κ3) is 1.86. The van der Waals surface area contributed by atoms with Gasteiger partial charge in [-0.3, -0.25) is 0 Å². The van der Waals surface area contributed by atoms with Crippen molar-refractivity contribution in [3.05, 3.63) is 32.0 Å². The second kappa shape index (κ2) is 4.26. The van der Waals surface area contributed by atoms with Crippen molar-refractivity contribution in [1.82, 2.24) is 0 Å². The molecular formula is C10H10Cl3F. The first-order valence-electron chi connectivity index (χ1n) is 4.20. The Morgan fingerprint density at radius 1 is 1.00 bits per heavy atom. The highest BCUT2D eigenvalue weighted by Crippen LogP contribution is 2.40. The van der Waals surface area contributed by atoms with Crippen LogP contribution in [0.25, 0.3) is 0 Å². The van der Waals surface area contributed by atoms with Crippen LogP contribution in [0.1, 0.15) is 30.9 Å². The maximum absolute atomic E-state index is 13.4. The van der Waals surface area contributed by atoms with Crippen molar-refractivity contribution in [1.29, 1.82) is 0 Å². The van der Waals surface area contributed by atoms with E-state index in [9.17, 15) is 4.39 Å². The van der Waals surface area contributed by atoms with E-state index in [1.54, 1.807) is 6.92 Å². The quantitative estimate of drug-likeness (QED) is 0.477. The molecule has 4 heteroatoms. The van der Waals surface area contributed by atoms with Crippen molar-refractivity contribution >= 4 is 34.8 Å². The van der Waals surface area contributed by atoms with Crippen LogP contribution in [-0.2, 0) is 0 Å². The summed E-state index contributed by atoms with van der Waals surface area (Å²) in [6, 6.07) is 0. The predicted molar refractivity (Wildman–Crippen MR) is 60.3 cm³/mol. The van der Waals surface area contributed by atoms with E-state index >= 15 is 0 Å². The lowest BCUT2D eigenvalue weighted by molar-refractivity contribution is 0.617. The van der Waals surface area contributed by atoms with Gasteiger partial charge in [-0.15, -0.1) is 0 Å². The lowest BCUT2D eigenvalue weighted by atomic mass is 10.0. The second-order valence-electron chi connectivity index (χ2n) is 3.45. The molecule has 1 aromatic carbocycles.